The molecule has 156 valence electrons. The van der Waals surface area contributed by atoms with Crippen molar-refractivity contribution in [3.05, 3.63) is 71.0 Å². The molecule has 6 heteroatoms. The third kappa shape index (κ3) is 7.15. The Hall–Kier alpha value is -2.44. The van der Waals surface area contributed by atoms with E-state index in [0.717, 1.165) is 44.3 Å². The number of hydrogen-bond acceptors (Lipinski definition) is 3. The van der Waals surface area contributed by atoms with E-state index in [2.05, 4.69) is 51.7 Å². The highest BCUT2D eigenvalue weighted by Gasteiger charge is 2.16. The molecule has 0 radical (unpaired) electrons. The van der Waals surface area contributed by atoms with Crippen LogP contribution in [0.5, 0.6) is 0 Å². The summed E-state index contributed by atoms with van der Waals surface area (Å²) in [4.78, 5) is 7.12. The monoisotopic (exact) mass is 398 g/mol. The van der Waals surface area contributed by atoms with Crippen molar-refractivity contribution in [1.82, 2.24) is 15.5 Å². The highest BCUT2D eigenvalue weighted by atomic mass is 19.1. The van der Waals surface area contributed by atoms with Crippen LogP contribution in [0.1, 0.15) is 30.5 Å². The van der Waals surface area contributed by atoms with Crippen LogP contribution in [-0.4, -0.2) is 43.2 Å². The Balaban J connectivity index is 1.58. The van der Waals surface area contributed by atoms with Gasteiger partial charge >= 0.3 is 0 Å². The number of benzene rings is 2. The van der Waals surface area contributed by atoms with Gasteiger partial charge in [0.1, 0.15) is 5.82 Å². The third-order valence-corrected chi connectivity index (χ3v) is 4.84. The zero-order valence-corrected chi connectivity index (χ0v) is 17.3. The highest BCUT2D eigenvalue weighted by Crippen LogP contribution is 2.13. The Labute approximate surface area is 173 Å². The summed E-state index contributed by atoms with van der Waals surface area (Å²) in [6, 6.07) is 15.2. The molecule has 2 aromatic carbocycles. The number of nitrogens with one attached hydrogen (secondary N) is 2. The van der Waals surface area contributed by atoms with Gasteiger partial charge in [-0.05, 0) is 42.7 Å². The smallest absolute Gasteiger partial charge is 0.191 e. The van der Waals surface area contributed by atoms with E-state index in [1.54, 1.807) is 6.07 Å². The van der Waals surface area contributed by atoms with Crippen LogP contribution in [0.15, 0.2) is 53.5 Å². The van der Waals surface area contributed by atoms with Crippen LogP contribution in [0.4, 0.5) is 4.39 Å². The topological polar surface area (TPSA) is 48.9 Å². The number of morpholine rings is 1. The number of nitrogens with zero attached hydrogens (tertiary/aromatic N) is 2. The van der Waals surface area contributed by atoms with Crippen LogP contribution >= 0.6 is 0 Å². The normalized spacial score (nSPS) is 17.9. The second-order valence-electron chi connectivity index (χ2n) is 7.42. The molecular weight excluding hydrogens is 367 g/mol. The summed E-state index contributed by atoms with van der Waals surface area (Å²) in [5, 5.41) is 6.52. The molecular formula is C23H31FN4O. The predicted octanol–water partition coefficient (Wildman–Crippen LogP) is 3.30. The summed E-state index contributed by atoms with van der Waals surface area (Å²) in [5.41, 5.74) is 3.36. The van der Waals surface area contributed by atoms with Crippen molar-refractivity contribution in [2.75, 3.05) is 26.2 Å². The van der Waals surface area contributed by atoms with Crippen molar-refractivity contribution in [2.24, 2.45) is 4.99 Å². The summed E-state index contributed by atoms with van der Waals surface area (Å²) in [6.45, 7) is 9.71. The summed E-state index contributed by atoms with van der Waals surface area (Å²) >= 11 is 0. The number of guanidine groups is 1. The molecule has 0 bridgehead atoms. The molecule has 29 heavy (non-hydrogen) atoms. The van der Waals surface area contributed by atoms with Crippen LogP contribution < -0.4 is 10.6 Å². The molecule has 1 fully saturated rings. The van der Waals surface area contributed by atoms with Gasteiger partial charge in [0.25, 0.3) is 0 Å². The summed E-state index contributed by atoms with van der Waals surface area (Å²) in [5.74, 6) is 0.502. The number of halogens is 1. The first kappa shape index (κ1) is 21.3. The minimum Gasteiger partial charge on any atom is -0.376 e. The summed E-state index contributed by atoms with van der Waals surface area (Å²) < 4.78 is 19.0. The number of ether oxygens (including phenoxy) is 1. The molecule has 2 aromatic rings. The summed E-state index contributed by atoms with van der Waals surface area (Å²) in [6.07, 6.45) is 0.295. The molecule has 0 spiro atoms. The van der Waals surface area contributed by atoms with E-state index in [4.69, 9.17) is 4.74 Å². The molecule has 1 aliphatic rings. The number of hydrogen-bond donors (Lipinski definition) is 2. The molecule has 1 aliphatic heterocycles. The highest BCUT2D eigenvalue weighted by molar-refractivity contribution is 5.79. The number of rotatable bonds is 7. The fourth-order valence-corrected chi connectivity index (χ4v) is 3.46. The van der Waals surface area contributed by atoms with Gasteiger partial charge in [0, 0.05) is 32.7 Å². The minimum absolute atomic E-state index is 0.224. The maximum absolute atomic E-state index is 13.4. The van der Waals surface area contributed by atoms with E-state index < -0.39 is 0 Å². The quantitative estimate of drug-likeness (QED) is 0.555. The van der Waals surface area contributed by atoms with Gasteiger partial charge in [0.15, 0.2) is 5.96 Å². The van der Waals surface area contributed by atoms with E-state index in [1.807, 2.05) is 13.0 Å². The maximum atomic E-state index is 13.4. The molecule has 5 nitrogen and oxygen atoms in total. The van der Waals surface area contributed by atoms with Crippen LogP contribution in [0.25, 0.3) is 0 Å². The van der Waals surface area contributed by atoms with Crippen molar-refractivity contribution in [2.45, 2.75) is 39.6 Å². The average Bonchev–Trinajstić information content (AvgIpc) is 2.70. The van der Waals surface area contributed by atoms with Crippen molar-refractivity contribution in [1.29, 1.82) is 0 Å². The first-order valence-corrected chi connectivity index (χ1v) is 10.3. The van der Waals surface area contributed by atoms with E-state index in [9.17, 15) is 4.39 Å². The Kier molecular flexibility index (Phi) is 8.02. The molecule has 1 heterocycles. The lowest BCUT2D eigenvalue weighted by Crippen LogP contribution is -2.40. The standard InChI is InChI=1S/C23H31FN4O/c1-3-25-23(27-15-20-7-5-9-22(24)13-20)26-14-19-6-4-8-21(12-19)17-28-10-11-29-18(2)16-28/h4-9,12-13,18H,3,10-11,14-17H2,1-2H3,(H2,25,26,27). The van der Waals surface area contributed by atoms with E-state index >= 15 is 0 Å². The molecule has 0 aliphatic carbocycles. The summed E-state index contributed by atoms with van der Waals surface area (Å²) in [7, 11) is 0. The van der Waals surface area contributed by atoms with Gasteiger partial charge in [-0.25, -0.2) is 9.38 Å². The lowest BCUT2D eigenvalue weighted by Gasteiger charge is -2.31. The zero-order chi connectivity index (χ0) is 20.5. The van der Waals surface area contributed by atoms with Gasteiger partial charge < -0.3 is 15.4 Å². The van der Waals surface area contributed by atoms with Crippen molar-refractivity contribution in [3.8, 4) is 0 Å². The van der Waals surface area contributed by atoms with Gasteiger partial charge in [-0.15, -0.1) is 0 Å². The Bertz CT molecular complexity index is 811. The van der Waals surface area contributed by atoms with E-state index in [1.165, 1.54) is 23.3 Å². The molecule has 1 unspecified atom stereocenters. The lowest BCUT2D eigenvalue weighted by molar-refractivity contribution is -0.0212. The van der Waals surface area contributed by atoms with Crippen LogP contribution in [0.3, 0.4) is 0 Å². The molecule has 2 N–H and O–H groups in total. The molecule has 0 aromatic heterocycles. The molecule has 0 amide bonds. The van der Waals surface area contributed by atoms with Gasteiger partial charge in [0.05, 0.1) is 19.3 Å². The first-order chi connectivity index (χ1) is 14.1. The zero-order valence-electron chi connectivity index (χ0n) is 17.3. The largest absolute Gasteiger partial charge is 0.376 e. The number of aliphatic imine (C=N–C) groups is 1. The van der Waals surface area contributed by atoms with E-state index in [-0.39, 0.29) is 5.82 Å². The van der Waals surface area contributed by atoms with E-state index in [0.29, 0.717) is 19.2 Å². The van der Waals surface area contributed by atoms with Crippen molar-refractivity contribution < 1.29 is 9.13 Å². The first-order valence-electron chi connectivity index (χ1n) is 10.3. The van der Waals surface area contributed by atoms with Gasteiger partial charge in [-0.1, -0.05) is 36.4 Å². The molecule has 1 saturated heterocycles. The average molecular weight is 399 g/mol. The minimum atomic E-state index is -0.224. The molecule has 0 saturated carbocycles. The van der Waals surface area contributed by atoms with Crippen molar-refractivity contribution >= 4 is 5.96 Å². The van der Waals surface area contributed by atoms with Crippen LogP contribution in [0, 0.1) is 5.82 Å². The Morgan fingerprint density at radius 1 is 1.14 bits per heavy atom. The Morgan fingerprint density at radius 2 is 1.93 bits per heavy atom. The fraction of sp³-hybridized carbons (Fsp3) is 0.435. The van der Waals surface area contributed by atoms with Gasteiger partial charge in [0.2, 0.25) is 0 Å². The van der Waals surface area contributed by atoms with Gasteiger partial charge in [-0.2, -0.15) is 0 Å². The second kappa shape index (κ2) is 10.9. The van der Waals surface area contributed by atoms with Crippen LogP contribution in [-0.2, 0) is 24.4 Å². The third-order valence-electron chi connectivity index (χ3n) is 4.84. The SMILES string of the molecule is CCNC(=NCc1cccc(CN2CCOC(C)C2)c1)NCc1cccc(F)c1. The Morgan fingerprint density at radius 3 is 2.72 bits per heavy atom. The molecule has 1 atom stereocenters. The maximum Gasteiger partial charge on any atom is 0.191 e. The predicted molar refractivity (Wildman–Crippen MR) is 115 cm³/mol. The van der Waals surface area contributed by atoms with Crippen molar-refractivity contribution in [3.63, 3.8) is 0 Å². The fourth-order valence-electron chi connectivity index (χ4n) is 3.46. The second-order valence-corrected chi connectivity index (χ2v) is 7.42. The van der Waals surface area contributed by atoms with Gasteiger partial charge in [-0.3, -0.25) is 4.90 Å². The van der Waals surface area contributed by atoms with Crippen LogP contribution in [0.2, 0.25) is 0 Å². The molecule has 3 rings (SSSR count). The lowest BCUT2D eigenvalue weighted by atomic mass is 10.1.